The Morgan fingerprint density at radius 1 is 1.30 bits per heavy atom. The number of oxime groups is 1. The van der Waals surface area contributed by atoms with Crippen LogP contribution in [0.5, 0.6) is 0 Å². The molecule has 3 N–H and O–H groups in total. The molecule has 2 aliphatic rings. The van der Waals surface area contributed by atoms with Crippen LogP contribution in [0.2, 0.25) is 0 Å². The van der Waals surface area contributed by atoms with Crippen LogP contribution in [0, 0.1) is 11.3 Å². The van der Waals surface area contributed by atoms with Gasteiger partial charge in [0, 0.05) is 24.1 Å². The Morgan fingerprint density at radius 2 is 2.09 bits per heavy atom. The molecular weight excluding hydrogens is 288 g/mol. The zero-order valence-corrected chi connectivity index (χ0v) is 13.9. The normalized spacial score (nSPS) is 37.0. The summed E-state index contributed by atoms with van der Waals surface area (Å²) < 4.78 is 0. The first-order chi connectivity index (χ1) is 11.1. The molecule has 3 rings (SSSR count). The lowest BCUT2D eigenvalue weighted by Crippen LogP contribution is -2.49. The number of hydrogen-bond acceptors (Lipinski definition) is 4. The van der Waals surface area contributed by atoms with Crippen molar-refractivity contribution in [3.05, 3.63) is 35.9 Å². The molecule has 23 heavy (non-hydrogen) atoms. The zero-order valence-electron chi connectivity index (χ0n) is 13.9. The van der Waals surface area contributed by atoms with Gasteiger partial charge in [0.15, 0.2) is 0 Å². The Morgan fingerprint density at radius 3 is 2.83 bits per heavy atom. The van der Waals surface area contributed by atoms with Gasteiger partial charge in [0.1, 0.15) is 6.61 Å². The van der Waals surface area contributed by atoms with Crippen LogP contribution in [0.15, 0.2) is 35.5 Å². The number of rotatable bonds is 5. The molecule has 0 amide bonds. The maximum absolute atomic E-state index is 11.4. The summed E-state index contributed by atoms with van der Waals surface area (Å²) >= 11 is 0. The van der Waals surface area contributed by atoms with Gasteiger partial charge in [-0.05, 0) is 43.6 Å². The molecule has 0 spiro atoms. The fourth-order valence-corrected chi connectivity index (χ4v) is 4.55. The van der Waals surface area contributed by atoms with E-state index in [1.165, 1.54) is 5.56 Å². The highest BCUT2D eigenvalue weighted by Crippen LogP contribution is 2.60. The number of nitrogens with two attached hydrogens (primary N) is 1. The molecule has 0 heterocycles. The van der Waals surface area contributed by atoms with Crippen LogP contribution in [0.25, 0.3) is 0 Å². The molecule has 4 atom stereocenters. The molecule has 2 saturated carbocycles. The van der Waals surface area contributed by atoms with Crippen LogP contribution in [0.4, 0.5) is 0 Å². The van der Waals surface area contributed by atoms with Crippen LogP contribution >= 0.6 is 0 Å². The second kappa shape index (κ2) is 6.62. The maximum Gasteiger partial charge on any atom is 0.129 e. The van der Waals surface area contributed by atoms with Crippen molar-refractivity contribution in [1.82, 2.24) is 0 Å². The topological polar surface area (TPSA) is 67.8 Å². The first-order valence-electron chi connectivity index (χ1n) is 8.72. The van der Waals surface area contributed by atoms with E-state index in [0.29, 0.717) is 19.1 Å². The molecule has 2 fully saturated rings. The van der Waals surface area contributed by atoms with Gasteiger partial charge in [-0.25, -0.2) is 0 Å². The Labute approximate surface area is 138 Å². The van der Waals surface area contributed by atoms with Gasteiger partial charge in [-0.1, -0.05) is 42.4 Å². The lowest BCUT2D eigenvalue weighted by Gasteiger charge is -2.48. The van der Waals surface area contributed by atoms with E-state index in [0.717, 1.165) is 32.1 Å². The van der Waals surface area contributed by atoms with Crippen LogP contribution < -0.4 is 5.73 Å². The standard InChI is InChI=1S/C19H28N2O2/c1-18-9-7-16(15-5-3-2-4-6-15)13-19(18,22)10-8-17(18)14-21-23-12-11-20/h2-6,14,16-17,22H,7-13,20H2,1H3/t16-,17+,18+,19-/m0/s1. The average Bonchev–Trinajstić information content (AvgIpc) is 2.83. The summed E-state index contributed by atoms with van der Waals surface area (Å²) in [6, 6.07) is 10.6. The van der Waals surface area contributed by atoms with Crippen molar-refractivity contribution in [3.8, 4) is 0 Å². The number of aliphatic hydroxyl groups is 1. The molecule has 0 aromatic heterocycles. The molecule has 126 valence electrons. The molecule has 0 radical (unpaired) electrons. The van der Waals surface area contributed by atoms with Crippen molar-refractivity contribution in [2.75, 3.05) is 13.2 Å². The van der Waals surface area contributed by atoms with Gasteiger partial charge in [0.05, 0.1) is 5.60 Å². The number of fused-ring (bicyclic) bond motifs is 1. The smallest absolute Gasteiger partial charge is 0.129 e. The van der Waals surface area contributed by atoms with Gasteiger partial charge in [-0.3, -0.25) is 0 Å². The van der Waals surface area contributed by atoms with E-state index in [1.54, 1.807) is 0 Å². The predicted octanol–water partition coefficient (Wildman–Crippen LogP) is 3.06. The predicted molar refractivity (Wildman–Crippen MR) is 92.3 cm³/mol. The van der Waals surface area contributed by atoms with Gasteiger partial charge in [-0.2, -0.15) is 0 Å². The van der Waals surface area contributed by atoms with Crippen LogP contribution in [-0.4, -0.2) is 30.1 Å². The van der Waals surface area contributed by atoms with Crippen molar-refractivity contribution in [3.63, 3.8) is 0 Å². The van der Waals surface area contributed by atoms with Gasteiger partial charge < -0.3 is 15.7 Å². The highest BCUT2D eigenvalue weighted by atomic mass is 16.6. The summed E-state index contributed by atoms with van der Waals surface area (Å²) in [5.41, 5.74) is 6.06. The van der Waals surface area contributed by atoms with Crippen LogP contribution in [0.3, 0.4) is 0 Å². The highest BCUT2D eigenvalue weighted by molar-refractivity contribution is 5.62. The number of hydrogen-bond donors (Lipinski definition) is 2. The Bertz CT molecular complexity index is 548. The van der Waals surface area contributed by atoms with Crippen molar-refractivity contribution in [1.29, 1.82) is 0 Å². The summed E-state index contributed by atoms with van der Waals surface area (Å²) in [6.07, 6.45) is 6.72. The highest BCUT2D eigenvalue weighted by Gasteiger charge is 2.58. The summed E-state index contributed by atoms with van der Waals surface area (Å²) in [5, 5.41) is 15.4. The third-order valence-electron chi connectivity index (χ3n) is 6.14. The molecule has 0 aliphatic heterocycles. The molecule has 0 saturated heterocycles. The molecule has 0 unspecified atom stereocenters. The van der Waals surface area contributed by atoms with E-state index in [-0.39, 0.29) is 11.3 Å². The van der Waals surface area contributed by atoms with Crippen molar-refractivity contribution in [2.24, 2.45) is 22.2 Å². The van der Waals surface area contributed by atoms with Crippen molar-refractivity contribution in [2.45, 2.75) is 50.5 Å². The van der Waals surface area contributed by atoms with Crippen LogP contribution in [-0.2, 0) is 4.84 Å². The first kappa shape index (κ1) is 16.5. The minimum absolute atomic E-state index is 0.103. The largest absolute Gasteiger partial charge is 0.395 e. The van der Waals surface area contributed by atoms with E-state index in [2.05, 4.69) is 42.4 Å². The minimum atomic E-state index is -0.601. The van der Waals surface area contributed by atoms with Gasteiger partial charge in [0.2, 0.25) is 0 Å². The van der Waals surface area contributed by atoms with Crippen molar-refractivity contribution < 1.29 is 9.94 Å². The molecule has 4 nitrogen and oxygen atoms in total. The summed E-state index contributed by atoms with van der Waals surface area (Å²) in [5.74, 6) is 0.737. The SMILES string of the molecule is C[C@]12CC[C@H](c3ccccc3)C[C@@]1(O)CC[C@@H]2C=NOCCN. The van der Waals surface area contributed by atoms with Gasteiger partial charge >= 0.3 is 0 Å². The summed E-state index contributed by atoms with van der Waals surface area (Å²) in [7, 11) is 0. The zero-order chi connectivity index (χ0) is 16.3. The lowest BCUT2D eigenvalue weighted by atomic mass is 9.59. The second-order valence-electron chi connectivity index (χ2n) is 7.32. The molecule has 1 aromatic rings. The van der Waals surface area contributed by atoms with Gasteiger partial charge in [-0.15, -0.1) is 0 Å². The van der Waals surface area contributed by atoms with E-state index in [4.69, 9.17) is 10.6 Å². The number of nitrogens with zero attached hydrogens (tertiary/aromatic N) is 1. The minimum Gasteiger partial charge on any atom is -0.395 e. The quantitative estimate of drug-likeness (QED) is 0.498. The molecule has 4 heteroatoms. The van der Waals surface area contributed by atoms with Crippen LogP contribution in [0.1, 0.15) is 50.5 Å². The van der Waals surface area contributed by atoms with Gasteiger partial charge in [0.25, 0.3) is 0 Å². The third-order valence-corrected chi connectivity index (χ3v) is 6.14. The monoisotopic (exact) mass is 316 g/mol. The fraction of sp³-hybridized carbons (Fsp3) is 0.632. The molecular formula is C19H28N2O2. The fourth-order valence-electron chi connectivity index (χ4n) is 4.55. The third kappa shape index (κ3) is 3.02. The van der Waals surface area contributed by atoms with E-state index >= 15 is 0 Å². The average molecular weight is 316 g/mol. The Kier molecular flexibility index (Phi) is 4.74. The van der Waals surface area contributed by atoms with E-state index < -0.39 is 5.60 Å². The Balaban J connectivity index is 1.72. The number of benzene rings is 1. The summed E-state index contributed by atoms with van der Waals surface area (Å²) in [6.45, 7) is 3.14. The summed E-state index contributed by atoms with van der Waals surface area (Å²) in [4.78, 5) is 5.16. The molecule has 2 aliphatic carbocycles. The van der Waals surface area contributed by atoms with E-state index in [9.17, 15) is 5.11 Å². The molecule has 0 bridgehead atoms. The first-order valence-corrected chi connectivity index (χ1v) is 8.72. The second-order valence-corrected chi connectivity index (χ2v) is 7.32. The van der Waals surface area contributed by atoms with E-state index in [1.807, 2.05) is 6.21 Å². The van der Waals surface area contributed by atoms with Crippen molar-refractivity contribution >= 4 is 6.21 Å². The maximum atomic E-state index is 11.4. The lowest BCUT2D eigenvalue weighted by molar-refractivity contribution is -0.0959. The molecule has 1 aromatic carbocycles. The Hall–Kier alpha value is -1.39.